The fourth-order valence-corrected chi connectivity index (χ4v) is 2.73. The Bertz CT molecular complexity index is 322. The van der Waals surface area contributed by atoms with Gasteiger partial charge in [0.25, 0.3) is 0 Å². The average molecular weight is 232 g/mol. The monoisotopic (exact) mass is 232 g/mol. The molecule has 2 nitrogen and oxygen atoms in total. The molecule has 94 valence electrons. The van der Waals surface area contributed by atoms with Crippen molar-refractivity contribution in [2.75, 3.05) is 6.54 Å². The van der Waals surface area contributed by atoms with Gasteiger partial charge in [0, 0.05) is 0 Å². The lowest BCUT2D eigenvalue weighted by Gasteiger charge is -2.42. The third-order valence-corrected chi connectivity index (χ3v) is 4.60. The van der Waals surface area contributed by atoms with Gasteiger partial charge in [-0.3, -0.25) is 5.32 Å². The molecule has 0 unspecified atom stereocenters. The molecule has 0 amide bonds. The van der Waals surface area contributed by atoms with Gasteiger partial charge in [-0.1, -0.05) is 33.1 Å². The van der Waals surface area contributed by atoms with Crippen molar-refractivity contribution in [3.63, 3.8) is 0 Å². The number of rotatable bonds is 4. The Morgan fingerprint density at radius 1 is 1.41 bits per heavy atom. The molecule has 0 heterocycles. The van der Waals surface area contributed by atoms with E-state index in [4.69, 9.17) is 6.42 Å². The van der Waals surface area contributed by atoms with Crippen LogP contribution in [0.15, 0.2) is 0 Å². The standard InChI is InChI=1S/C15H24N2/c1-5-11-17-15(12-16)9-7-13(8-10-15)14(3,4)6-2/h1,13,17H,6-11H2,2-4H3. The van der Waals surface area contributed by atoms with E-state index in [2.05, 4.69) is 38.1 Å². The summed E-state index contributed by atoms with van der Waals surface area (Å²) < 4.78 is 0. The van der Waals surface area contributed by atoms with Crippen LogP contribution in [0.1, 0.15) is 52.9 Å². The van der Waals surface area contributed by atoms with E-state index in [1.54, 1.807) is 0 Å². The van der Waals surface area contributed by atoms with Crippen LogP contribution in [0, 0.1) is 35.0 Å². The molecule has 0 aromatic rings. The molecule has 0 spiro atoms. The van der Waals surface area contributed by atoms with Gasteiger partial charge in [-0.25, -0.2) is 0 Å². The fraction of sp³-hybridized carbons (Fsp3) is 0.800. The van der Waals surface area contributed by atoms with Crippen molar-refractivity contribution in [2.24, 2.45) is 11.3 Å². The second-order valence-corrected chi connectivity index (χ2v) is 5.87. The predicted molar refractivity (Wildman–Crippen MR) is 71.2 cm³/mol. The van der Waals surface area contributed by atoms with E-state index in [1.165, 1.54) is 6.42 Å². The number of nitrogens with one attached hydrogen (secondary N) is 1. The van der Waals surface area contributed by atoms with E-state index in [0.717, 1.165) is 31.6 Å². The van der Waals surface area contributed by atoms with Gasteiger partial charge < -0.3 is 0 Å². The summed E-state index contributed by atoms with van der Waals surface area (Å²) in [5, 5.41) is 12.6. The van der Waals surface area contributed by atoms with Crippen molar-refractivity contribution in [3.05, 3.63) is 0 Å². The number of nitrogens with zero attached hydrogens (tertiary/aromatic N) is 1. The van der Waals surface area contributed by atoms with E-state index < -0.39 is 0 Å². The summed E-state index contributed by atoms with van der Waals surface area (Å²) in [5.74, 6) is 3.30. The summed E-state index contributed by atoms with van der Waals surface area (Å²) in [5.41, 5.74) is 0.0282. The summed E-state index contributed by atoms with van der Waals surface area (Å²) >= 11 is 0. The summed E-state index contributed by atoms with van der Waals surface area (Å²) in [4.78, 5) is 0. The lowest BCUT2D eigenvalue weighted by molar-refractivity contribution is 0.121. The van der Waals surface area contributed by atoms with Gasteiger partial charge in [-0.15, -0.1) is 6.42 Å². The van der Waals surface area contributed by atoms with Crippen LogP contribution in [0.5, 0.6) is 0 Å². The molecule has 1 N–H and O–H groups in total. The zero-order valence-corrected chi connectivity index (χ0v) is 11.3. The maximum atomic E-state index is 9.33. The van der Waals surface area contributed by atoms with Gasteiger partial charge in [0.1, 0.15) is 5.54 Å². The van der Waals surface area contributed by atoms with Crippen molar-refractivity contribution in [2.45, 2.75) is 58.4 Å². The zero-order chi connectivity index (χ0) is 12.9. The average Bonchev–Trinajstić information content (AvgIpc) is 2.37. The van der Waals surface area contributed by atoms with Gasteiger partial charge in [-0.2, -0.15) is 5.26 Å². The molecule has 0 saturated heterocycles. The van der Waals surface area contributed by atoms with Gasteiger partial charge in [-0.05, 0) is 37.0 Å². The van der Waals surface area contributed by atoms with Crippen LogP contribution in [-0.4, -0.2) is 12.1 Å². The molecule has 1 fully saturated rings. The Kier molecular flexibility index (Phi) is 4.61. The normalized spacial score (nSPS) is 29.4. The molecule has 2 heteroatoms. The summed E-state index contributed by atoms with van der Waals surface area (Å²) in [7, 11) is 0. The fourth-order valence-electron chi connectivity index (χ4n) is 2.73. The van der Waals surface area contributed by atoms with Crippen LogP contribution in [-0.2, 0) is 0 Å². The van der Waals surface area contributed by atoms with Crippen molar-refractivity contribution < 1.29 is 0 Å². The van der Waals surface area contributed by atoms with E-state index in [0.29, 0.717) is 12.0 Å². The predicted octanol–water partition coefficient (Wildman–Crippen LogP) is 3.10. The molecule has 1 rings (SSSR count). The second-order valence-electron chi connectivity index (χ2n) is 5.87. The van der Waals surface area contributed by atoms with E-state index in [1.807, 2.05) is 0 Å². The Morgan fingerprint density at radius 2 is 2.00 bits per heavy atom. The lowest BCUT2D eigenvalue weighted by atomic mass is 9.66. The number of hydrogen-bond donors (Lipinski definition) is 1. The smallest absolute Gasteiger partial charge is 0.107 e. The maximum Gasteiger partial charge on any atom is 0.107 e. The minimum Gasteiger partial charge on any atom is -0.288 e. The largest absolute Gasteiger partial charge is 0.288 e. The first-order valence-corrected chi connectivity index (χ1v) is 6.59. The van der Waals surface area contributed by atoms with Crippen LogP contribution >= 0.6 is 0 Å². The van der Waals surface area contributed by atoms with Crippen molar-refractivity contribution in [1.29, 1.82) is 5.26 Å². The molecule has 0 aliphatic heterocycles. The number of hydrogen-bond acceptors (Lipinski definition) is 2. The molecule has 1 aliphatic carbocycles. The van der Waals surface area contributed by atoms with Crippen molar-refractivity contribution >= 4 is 0 Å². The van der Waals surface area contributed by atoms with Crippen LogP contribution in [0.3, 0.4) is 0 Å². The van der Waals surface area contributed by atoms with Crippen LogP contribution < -0.4 is 5.32 Å². The molecule has 0 bridgehead atoms. The number of nitriles is 1. The molecular formula is C15H24N2. The molecule has 0 atom stereocenters. The quantitative estimate of drug-likeness (QED) is 0.756. The third-order valence-electron chi connectivity index (χ3n) is 4.60. The molecule has 0 radical (unpaired) electrons. The van der Waals surface area contributed by atoms with E-state index in [9.17, 15) is 5.26 Å². The van der Waals surface area contributed by atoms with Gasteiger partial charge in [0.15, 0.2) is 0 Å². The first-order valence-electron chi connectivity index (χ1n) is 6.59. The molecule has 0 aromatic heterocycles. The van der Waals surface area contributed by atoms with Crippen LogP contribution in [0.25, 0.3) is 0 Å². The topological polar surface area (TPSA) is 35.8 Å². The highest BCUT2D eigenvalue weighted by Crippen LogP contribution is 2.43. The van der Waals surface area contributed by atoms with Crippen molar-refractivity contribution in [3.8, 4) is 18.4 Å². The van der Waals surface area contributed by atoms with Gasteiger partial charge >= 0.3 is 0 Å². The Morgan fingerprint density at radius 3 is 2.41 bits per heavy atom. The minimum atomic E-state index is -0.368. The van der Waals surface area contributed by atoms with Gasteiger partial charge in [0.2, 0.25) is 0 Å². The maximum absolute atomic E-state index is 9.33. The summed E-state index contributed by atoms with van der Waals surface area (Å²) in [6, 6.07) is 2.44. The minimum absolute atomic E-state index is 0.368. The lowest BCUT2D eigenvalue weighted by Crippen LogP contribution is -2.48. The Labute approximate surface area is 106 Å². The molecule has 1 aliphatic rings. The number of terminal acetylenes is 1. The van der Waals surface area contributed by atoms with Crippen molar-refractivity contribution in [1.82, 2.24) is 5.32 Å². The molecule has 1 saturated carbocycles. The summed E-state index contributed by atoms with van der Waals surface area (Å²) in [6.45, 7) is 7.43. The third kappa shape index (κ3) is 3.24. The Hall–Kier alpha value is -0.990. The first-order chi connectivity index (χ1) is 7.99. The molecule has 17 heavy (non-hydrogen) atoms. The van der Waals surface area contributed by atoms with Gasteiger partial charge in [0.05, 0.1) is 12.6 Å². The second kappa shape index (κ2) is 5.56. The highest BCUT2D eigenvalue weighted by Gasteiger charge is 2.39. The van der Waals surface area contributed by atoms with Crippen LogP contribution in [0.2, 0.25) is 0 Å². The van der Waals surface area contributed by atoms with Crippen LogP contribution in [0.4, 0.5) is 0 Å². The van der Waals surface area contributed by atoms with E-state index in [-0.39, 0.29) is 5.54 Å². The van der Waals surface area contributed by atoms with E-state index >= 15 is 0 Å². The molecule has 0 aromatic carbocycles. The first kappa shape index (κ1) is 14.1. The molecular weight excluding hydrogens is 208 g/mol. The highest BCUT2D eigenvalue weighted by atomic mass is 15.0. The highest BCUT2D eigenvalue weighted by molar-refractivity contribution is 5.11. The SMILES string of the molecule is C#CCNC1(C#N)CCC(C(C)(C)CC)CC1. The Balaban J connectivity index is 2.60. The zero-order valence-electron chi connectivity index (χ0n) is 11.3. The summed E-state index contributed by atoms with van der Waals surface area (Å²) in [6.07, 6.45) is 10.6.